The fourth-order valence-corrected chi connectivity index (χ4v) is 3.82. The Kier molecular flexibility index (Phi) is 4.71. The summed E-state index contributed by atoms with van der Waals surface area (Å²) >= 11 is 0. The topological polar surface area (TPSA) is 41.6 Å². The molecular formula is C23H24N2O2. The number of fused-ring (bicyclic) bond motifs is 2. The highest BCUT2D eigenvalue weighted by atomic mass is 16.5. The molecule has 0 aromatic heterocycles. The molecule has 3 aromatic rings. The van der Waals surface area contributed by atoms with Crippen molar-refractivity contribution in [2.75, 3.05) is 19.0 Å². The van der Waals surface area contributed by atoms with E-state index in [0.717, 1.165) is 46.2 Å². The molecule has 4 rings (SSSR count). The molecule has 1 atom stereocenters. The third-order valence-electron chi connectivity index (χ3n) is 5.20. The van der Waals surface area contributed by atoms with E-state index >= 15 is 0 Å². The van der Waals surface area contributed by atoms with Crippen molar-refractivity contribution in [3.05, 3.63) is 71.8 Å². The zero-order valence-corrected chi connectivity index (χ0v) is 15.7. The number of ether oxygens (including phenoxy) is 1. The summed E-state index contributed by atoms with van der Waals surface area (Å²) in [6.45, 7) is 2.84. The van der Waals surface area contributed by atoms with Crippen LogP contribution in [0.3, 0.4) is 0 Å². The lowest BCUT2D eigenvalue weighted by Gasteiger charge is -2.39. The Morgan fingerprint density at radius 2 is 1.81 bits per heavy atom. The van der Waals surface area contributed by atoms with Gasteiger partial charge in [-0.3, -0.25) is 4.79 Å². The Balaban J connectivity index is 1.91. The van der Waals surface area contributed by atoms with Gasteiger partial charge in [0.2, 0.25) is 0 Å². The van der Waals surface area contributed by atoms with Crippen molar-refractivity contribution in [1.29, 1.82) is 0 Å². The Labute approximate surface area is 159 Å². The molecule has 0 spiro atoms. The Morgan fingerprint density at radius 3 is 2.63 bits per heavy atom. The zero-order valence-electron chi connectivity index (χ0n) is 15.7. The fourth-order valence-electron chi connectivity index (χ4n) is 3.82. The first-order valence-corrected chi connectivity index (χ1v) is 9.46. The molecule has 0 bridgehead atoms. The van der Waals surface area contributed by atoms with Gasteiger partial charge in [-0.2, -0.15) is 0 Å². The van der Waals surface area contributed by atoms with Gasteiger partial charge >= 0.3 is 0 Å². The number of para-hydroxylation sites is 1. The molecule has 0 saturated carbocycles. The number of nitrogens with one attached hydrogen (secondary N) is 1. The van der Waals surface area contributed by atoms with Crippen molar-refractivity contribution in [3.8, 4) is 5.75 Å². The zero-order chi connectivity index (χ0) is 18.8. The van der Waals surface area contributed by atoms with Crippen LogP contribution in [-0.4, -0.2) is 24.5 Å². The van der Waals surface area contributed by atoms with Gasteiger partial charge in [-0.15, -0.1) is 0 Å². The number of amides is 1. The molecule has 4 nitrogen and oxygen atoms in total. The van der Waals surface area contributed by atoms with Crippen molar-refractivity contribution < 1.29 is 9.53 Å². The molecule has 1 aliphatic heterocycles. The van der Waals surface area contributed by atoms with Crippen LogP contribution in [0.2, 0.25) is 0 Å². The molecule has 1 aliphatic rings. The van der Waals surface area contributed by atoms with E-state index in [4.69, 9.17) is 4.74 Å². The number of carbonyl (C=O) groups excluding carboxylic acids is 1. The van der Waals surface area contributed by atoms with Crippen LogP contribution in [0.25, 0.3) is 10.8 Å². The quantitative estimate of drug-likeness (QED) is 0.679. The molecule has 0 radical (unpaired) electrons. The summed E-state index contributed by atoms with van der Waals surface area (Å²) in [4.78, 5) is 15.2. The van der Waals surface area contributed by atoms with Gasteiger partial charge in [0.05, 0.1) is 12.7 Å². The lowest BCUT2D eigenvalue weighted by Crippen LogP contribution is -2.43. The van der Waals surface area contributed by atoms with Gasteiger partial charge in [0.25, 0.3) is 5.91 Å². The molecule has 138 valence electrons. The minimum absolute atomic E-state index is 0.0674. The standard InChI is InChI=1S/C23H24N2O2/c1-3-4-15-25-22(24-19-12-8-7-11-18(19)23(25)26)21-17-10-6-5-9-16(17)13-14-20(21)27-2/h5-14,22,24H,3-4,15H2,1-2H3. The summed E-state index contributed by atoms with van der Waals surface area (Å²) in [5.41, 5.74) is 2.61. The average molecular weight is 360 g/mol. The summed E-state index contributed by atoms with van der Waals surface area (Å²) in [5.74, 6) is 0.859. The molecular weight excluding hydrogens is 336 g/mol. The minimum Gasteiger partial charge on any atom is -0.496 e. The Hall–Kier alpha value is -3.01. The first kappa shape index (κ1) is 17.4. The largest absolute Gasteiger partial charge is 0.496 e. The van der Waals surface area contributed by atoms with Gasteiger partial charge in [-0.1, -0.05) is 55.8 Å². The monoisotopic (exact) mass is 360 g/mol. The van der Waals surface area contributed by atoms with Crippen molar-refractivity contribution in [2.45, 2.75) is 25.9 Å². The molecule has 1 amide bonds. The number of anilines is 1. The highest BCUT2D eigenvalue weighted by molar-refractivity contribution is 6.02. The van der Waals surface area contributed by atoms with Gasteiger partial charge in [0.15, 0.2) is 0 Å². The number of hydrogen-bond donors (Lipinski definition) is 1. The molecule has 27 heavy (non-hydrogen) atoms. The third-order valence-corrected chi connectivity index (χ3v) is 5.20. The minimum atomic E-state index is -0.264. The summed E-state index contributed by atoms with van der Waals surface area (Å²) < 4.78 is 5.70. The predicted octanol–water partition coefficient (Wildman–Crippen LogP) is 5.22. The van der Waals surface area contributed by atoms with E-state index in [2.05, 4.69) is 30.4 Å². The second-order valence-electron chi connectivity index (χ2n) is 6.85. The number of carbonyl (C=O) groups is 1. The summed E-state index contributed by atoms with van der Waals surface area (Å²) in [7, 11) is 1.68. The molecule has 3 aromatic carbocycles. The van der Waals surface area contributed by atoms with E-state index in [1.807, 2.05) is 47.4 Å². The average Bonchev–Trinajstić information content (AvgIpc) is 2.72. The normalized spacial score (nSPS) is 16.1. The molecule has 0 fully saturated rings. The van der Waals surface area contributed by atoms with E-state index in [1.165, 1.54) is 0 Å². The van der Waals surface area contributed by atoms with Crippen LogP contribution in [-0.2, 0) is 0 Å². The molecule has 1 N–H and O–H groups in total. The lowest BCUT2D eigenvalue weighted by atomic mass is 9.97. The molecule has 0 saturated heterocycles. The molecule has 1 unspecified atom stereocenters. The Morgan fingerprint density at radius 1 is 1.04 bits per heavy atom. The van der Waals surface area contributed by atoms with E-state index in [0.29, 0.717) is 6.54 Å². The second kappa shape index (κ2) is 7.31. The summed E-state index contributed by atoms with van der Waals surface area (Å²) in [6, 6.07) is 20.0. The van der Waals surface area contributed by atoms with Crippen LogP contribution < -0.4 is 10.1 Å². The predicted molar refractivity (Wildman–Crippen MR) is 109 cm³/mol. The highest BCUT2D eigenvalue weighted by Gasteiger charge is 2.34. The number of benzene rings is 3. The van der Waals surface area contributed by atoms with E-state index in [1.54, 1.807) is 7.11 Å². The summed E-state index contributed by atoms with van der Waals surface area (Å²) in [5, 5.41) is 5.83. The third kappa shape index (κ3) is 3.01. The maximum Gasteiger partial charge on any atom is 0.257 e. The molecule has 1 heterocycles. The number of unbranched alkanes of at least 4 members (excludes halogenated alkanes) is 1. The van der Waals surface area contributed by atoms with Gasteiger partial charge in [0, 0.05) is 17.8 Å². The summed E-state index contributed by atoms with van der Waals surface area (Å²) in [6.07, 6.45) is 1.73. The molecule has 4 heteroatoms. The number of methoxy groups -OCH3 is 1. The molecule has 0 aliphatic carbocycles. The van der Waals surface area contributed by atoms with Crippen LogP contribution in [0, 0.1) is 0 Å². The van der Waals surface area contributed by atoms with E-state index in [-0.39, 0.29) is 12.1 Å². The van der Waals surface area contributed by atoms with Gasteiger partial charge < -0.3 is 15.0 Å². The smallest absolute Gasteiger partial charge is 0.257 e. The number of hydrogen-bond acceptors (Lipinski definition) is 3. The van der Waals surface area contributed by atoms with Crippen molar-refractivity contribution in [1.82, 2.24) is 4.90 Å². The Bertz CT molecular complexity index is 983. The van der Waals surface area contributed by atoms with Crippen LogP contribution in [0.5, 0.6) is 5.75 Å². The van der Waals surface area contributed by atoms with Crippen molar-refractivity contribution in [3.63, 3.8) is 0 Å². The maximum atomic E-state index is 13.3. The van der Waals surface area contributed by atoms with Gasteiger partial charge in [-0.05, 0) is 35.4 Å². The maximum absolute atomic E-state index is 13.3. The van der Waals surface area contributed by atoms with E-state index < -0.39 is 0 Å². The van der Waals surface area contributed by atoms with E-state index in [9.17, 15) is 4.79 Å². The fraction of sp³-hybridized carbons (Fsp3) is 0.261. The number of rotatable bonds is 5. The van der Waals surface area contributed by atoms with Crippen LogP contribution >= 0.6 is 0 Å². The van der Waals surface area contributed by atoms with Crippen LogP contribution in [0.1, 0.15) is 41.9 Å². The van der Waals surface area contributed by atoms with Crippen molar-refractivity contribution in [2.24, 2.45) is 0 Å². The van der Waals surface area contributed by atoms with Gasteiger partial charge in [-0.25, -0.2) is 0 Å². The van der Waals surface area contributed by atoms with Crippen molar-refractivity contribution >= 4 is 22.4 Å². The second-order valence-corrected chi connectivity index (χ2v) is 6.85. The highest BCUT2D eigenvalue weighted by Crippen LogP contribution is 2.40. The SMILES string of the molecule is CCCCN1C(=O)c2ccccc2NC1c1c(OC)ccc2ccccc12. The first-order valence-electron chi connectivity index (χ1n) is 9.46. The number of nitrogens with zero attached hydrogens (tertiary/aromatic N) is 1. The van der Waals surface area contributed by atoms with Gasteiger partial charge in [0.1, 0.15) is 11.9 Å². The van der Waals surface area contributed by atoms with Crippen LogP contribution in [0.15, 0.2) is 60.7 Å². The first-order chi connectivity index (χ1) is 13.2. The van der Waals surface area contributed by atoms with Crippen LogP contribution in [0.4, 0.5) is 5.69 Å². The lowest BCUT2D eigenvalue weighted by molar-refractivity contribution is 0.0679.